The van der Waals surface area contributed by atoms with Gasteiger partial charge in [-0.05, 0) is 36.4 Å². The lowest BCUT2D eigenvalue weighted by molar-refractivity contribution is -0.121. The number of aromatic nitrogens is 5. The van der Waals surface area contributed by atoms with Crippen LogP contribution in [0, 0.1) is 5.92 Å². The van der Waals surface area contributed by atoms with E-state index in [1.54, 1.807) is 30.1 Å². The van der Waals surface area contributed by atoms with Gasteiger partial charge < -0.3 is 15.4 Å². The highest BCUT2D eigenvalue weighted by molar-refractivity contribution is 6.00. The molecule has 4 rings (SSSR count). The van der Waals surface area contributed by atoms with E-state index in [2.05, 4.69) is 35.7 Å². The summed E-state index contributed by atoms with van der Waals surface area (Å²) >= 11 is 0. The third-order valence-electron chi connectivity index (χ3n) is 6.19. The summed E-state index contributed by atoms with van der Waals surface area (Å²) in [6, 6.07) is 2.57. The number of nitrogens with one attached hydrogen (secondary N) is 2. The number of rotatable bonds is 9. The van der Waals surface area contributed by atoms with Crippen LogP contribution in [-0.2, 0) is 17.8 Å². The summed E-state index contributed by atoms with van der Waals surface area (Å²) in [5.74, 6) is -3.98. The highest BCUT2D eigenvalue weighted by Gasteiger charge is 2.40. The molecule has 0 bridgehead atoms. The summed E-state index contributed by atoms with van der Waals surface area (Å²) in [6.45, 7) is 2.13. The van der Waals surface area contributed by atoms with Gasteiger partial charge in [0.2, 0.25) is 17.7 Å². The Hall–Kier alpha value is -3.90. The van der Waals surface area contributed by atoms with Gasteiger partial charge in [0.15, 0.2) is 5.69 Å². The molecule has 11 nitrogen and oxygen atoms in total. The van der Waals surface area contributed by atoms with E-state index in [0.717, 1.165) is 5.56 Å². The van der Waals surface area contributed by atoms with E-state index in [1.807, 2.05) is 6.07 Å². The number of amides is 2. The molecule has 36 heavy (non-hydrogen) atoms. The number of ether oxygens (including phenoxy) is 1. The molecule has 3 aromatic heterocycles. The van der Waals surface area contributed by atoms with Crippen LogP contribution in [0.2, 0.25) is 0 Å². The molecule has 3 heterocycles. The summed E-state index contributed by atoms with van der Waals surface area (Å²) in [5, 5.41) is 17.0. The number of alkyl halides is 2. The first kappa shape index (κ1) is 25.2. The molecule has 1 atom stereocenters. The van der Waals surface area contributed by atoms with E-state index in [1.165, 1.54) is 13.3 Å². The number of hydrogen-bond donors (Lipinski definition) is 2. The molecule has 2 N–H and O–H groups in total. The lowest BCUT2D eigenvalue weighted by atomic mass is 9.81. The molecule has 0 saturated heterocycles. The molecule has 0 aromatic carbocycles. The average molecular weight is 504 g/mol. The summed E-state index contributed by atoms with van der Waals surface area (Å²) in [4.78, 5) is 30.3. The third-order valence-corrected chi connectivity index (χ3v) is 6.19. The molecule has 1 aliphatic carbocycles. The first-order valence-corrected chi connectivity index (χ1v) is 11.6. The van der Waals surface area contributed by atoms with Crippen LogP contribution in [0.15, 0.2) is 35.4 Å². The van der Waals surface area contributed by atoms with Crippen LogP contribution in [0.25, 0.3) is 0 Å². The maximum atomic E-state index is 13.8. The second-order valence-corrected chi connectivity index (χ2v) is 8.65. The molecule has 1 unspecified atom stereocenters. The molecule has 13 heteroatoms. The number of anilines is 1. The maximum Gasteiger partial charge on any atom is 0.276 e. The van der Waals surface area contributed by atoms with E-state index in [9.17, 15) is 18.4 Å². The van der Waals surface area contributed by atoms with Crippen molar-refractivity contribution in [3.8, 4) is 5.88 Å². The van der Waals surface area contributed by atoms with Gasteiger partial charge >= 0.3 is 0 Å². The van der Waals surface area contributed by atoms with Gasteiger partial charge in [0.1, 0.15) is 11.7 Å². The smallest absolute Gasteiger partial charge is 0.276 e. The summed E-state index contributed by atoms with van der Waals surface area (Å²) in [7, 11) is 1.52. The maximum absolute atomic E-state index is 13.8. The Morgan fingerprint density at radius 2 is 2.08 bits per heavy atom. The molecule has 0 spiro atoms. The van der Waals surface area contributed by atoms with Crippen LogP contribution in [-0.4, -0.2) is 56.0 Å². The second-order valence-electron chi connectivity index (χ2n) is 8.65. The Kier molecular flexibility index (Phi) is 7.55. The Balaban J connectivity index is 1.48. The minimum absolute atomic E-state index is 0.0327. The van der Waals surface area contributed by atoms with E-state index in [-0.39, 0.29) is 31.4 Å². The van der Waals surface area contributed by atoms with Gasteiger partial charge in [-0.25, -0.2) is 18.4 Å². The Morgan fingerprint density at radius 3 is 2.81 bits per heavy atom. The second kappa shape index (κ2) is 10.8. The molecular formula is C23H27F2N7O4. The quantitative estimate of drug-likeness (QED) is 0.455. The van der Waals surface area contributed by atoms with Crippen LogP contribution in [0.4, 0.5) is 14.5 Å². The van der Waals surface area contributed by atoms with Crippen LogP contribution < -0.4 is 15.4 Å². The molecule has 3 aromatic rings. The lowest BCUT2D eigenvalue weighted by Crippen LogP contribution is -2.50. The predicted octanol–water partition coefficient (Wildman–Crippen LogP) is 2.84. The number of halogens is 2. The van der Waals surface area contributed by atoms with Crippen LogP contribution in [0.5, 0.6) is 5.88 Å². The molecule has 1 fully saturated rings. The van der Waals surface area contributed by atoms with E-state index >= 15 is 0 Å². The van der Waals surface area contributed by atoms with Crippen molar-refractivity contribution in [1.29, 1.82) is 0 Å². The third kappa shape index (κ3) is 5.83. The molecule has 192 valence electrons. The summed E-state index contributed by atoms with van der Waals surface area (Å²) < 4.78 is 39.0. The molecule has 0 radical (unpaired) electrons. The fraction of sp³-hybridized carbons (Fsp3) is 0.478. The first-order valence-electron chi connectivity index (χ1n) is 11.6. The van der Waals surface area contributed by atoms with Gasteiger partial charge in [0.05, 0.1) is 25.5 Å². The monoisotopic (exact) mass is 503 g/mol. The zero-order chi connectivity index (χ0) is 25.7. The fourth-order valence-corrected chi connectivity index (χ4v) is 4.25. The summed E-state index contributed by atoms with van der Waals surface area (Å²) in [6.07, 6.45) is 4.57. The van der Waals surface area contributed by atoms with Crippen molar-refractivity contribution >= 4 is 17.5 Å². The lowest BCUT2D eigenvalue weighted by Gasteiger charge is -2.33. The van der Waals surface area contributed by atoms with E-state index in [4.69, 9.17) is 4.74 Å². The Morgan fingerprint density at radius 1 is 1.31 bits per heavy atom. The van der Waals surface area contributed by atoms with Gasteiger partial charge in [-0.1, -0.05) is 18.1 Å². The van der Waals surface area contributed by atoms with Gasteiger partial charge in [-0.15, -0.1) is 0 Å². The Labute approximate surface area is 205 Å². The zero-order valence-corrected chi connectivity index (χ0v) is 19.9. The highest BCUT2D eigenvalue weighted by atomic mass is 19.3. The molecule has 1 aliphatic rings. The minimum atomic E-state index is -2.78. The van der Waals surface area contributed by atoms with Crippen LogP contribution >= 0.6 is 0 Å². The number of carbonyl (C=O) groups is 2. The predicted molar refractivity (Wildman–Crippen MR) is 123 cm³/mol. The number of pyridine rings is 1. The highest BCUT2D eigenvalue weighted by Crippen LogP contribution is 2.37. The number of aryl methyl sites for hydroxylation is 1. The van der Waals surface area contributed by atoms with Crippen molar-refractivity contribution in [1.82, 2.24) is 30.4 Å². The van der Waals surface area contributed by atoms with Crippen molar-refractivity contribution in [2.45, 2.75) is 57.5 Å². The largest absolute Gasteiger partial charge is 0.481 e. The molecule has 2 amide bonds. The number of carbonyl (C=O) groups excluding carboxylic acids is 2. The van der Waals surface area contributed by atoms with Crippen LogP contribution in [0.1, 0.15) is 54.4 Å². The van der Waals surface area contributed by atoms with Gasteiger partial charge in [-0.3, -0.25) is 14.3 Å². The fourth-order valence-electron chi connectivity index (χ4n) is 4.25. The van der Waals surface area contributed by atoms with Gasteiger partial charge in [0.25, 0.3) is 5.91 Å². The first-order chi connectivity index (χ1) is 17.3. The summed E-state index contributed by atoms with van der Waals surface area (Å²) in [5.41, 5.74) is 1.49. The van der Waals surface area contributed by atoms with Crippen molar-refractivity contribution in [3.05, 3.63) is 47.7 Å². The van der Waals surface area contributed by atoms with E-state index < -0.39 is 29.7 Å². The topological polar surface area (TPSA) is 137 Å². The van der Waals surface area contributed by atoms with Gasteiger partial charge in [0, 0.05) is 30.8 Å². The average Bonchev–Trinajstić information content (AvgIpc) is 3.52. The SMILES string of the molecule is CCc1nonc1C(=O)NC(C(=O)Nc1cnn(Cc2cccnc2OC)c1)C1CCC(F)(F)CC1. The minimum Gasteiger partial charge on any atom is -0.481 e. The normalized spacial score (nSPS) is 16.3. The van der Waals surface area contributed by atoms with Crippen molar-refractivity contribution < 1.29 is 27.7 Å². The van der Waals surface area contributed by atoms with E-state index in [0.29, 0.717) is 30.2 Å². The van der Waals surface area contributed by atoms with Gasteiger partial charge in [-0.2, -0.15) is 5.10 Å². The standard InChI is InChI=1S/C23H27F2N7O4/c1-3-17-19(31-36-30-17)21(34)29-18(14-6-8-23(24,25)9-7-14)20(33)28-16-11-27-32(13-16)12-15-5-4-10-26-22(15)35-2/h4-5,10-11,13-14,18H,3,6-9,12H2,1-2H3,(H,28,33)(H,29,34). The molecule has 0 aliphatic heterocycles. The Bertz CT molecular complexity index is 1200. The number of hydrogen-bond acceptors (Lipinski definition) is 8. The van der Waals surface area contributed by atoms with Crippen LogP contribution in [0.3, 0.4) is 0 Å². The molecule has 1 saturated carbocycles. The van der Waals surface area contributed by atoms with Crippen molar-refractivity contribution in [2.24, 2.45) is 5.92 Å². The molecular weight excluding hydrogens is 476 g/mol. The number of methoxy groups -OCH3 is 1. The van der Waals surface area contributed by atoms with Crippen molar-refractivity contribution in [3.63, 3.8) is 0 Å². The number of nitrogens with zero attached hydrogens (tertiary/aromatic N) is 5. The van der Waals surface area contributed by atoms with Crippen molar-refractivity contribution in [2.75, 3.05) is 12.4 Å². The zero-order valence-electron chi connectivity index (χ0n) is 19.9.